The van der Waals surface area contributed by atoms with Crippen LogP contribution >= 0.6 is 0 Å². The van der Waals surface area contributed by atoms with Crippen molar-refractivity contribution in [2.24, 2.45) is 11.8 Å². The van der Waals surface area contributed by atoms with Crippen molar-refractivity contribution in [2.75, 3.05) is 6.54 Å². The molecule has 0 heterocycles. The average molecular weight is 321 g/mol. The summed E-state index contributed by atoms with van der Waals surface area (Å²) in [4.78, 5) is 9.79. The third kappa shape index (κ3) is 4.21. The van der Waals surface area contributed by atoms with E-state index in [1.807, 2.05) is 13.8 Å². The number of hydrogen-bond acceptors (Lipinski definition) is 3. The summed E-state index contributed by atoms with van der Waals surface area (Å²) in [5, 5.41) is 8.78. The summed E-state index contributed by atoms with van der Waals surface area (Å²) < 4.78 is 53.1. The monoisotopic (exact) mass is 321 g/mol. The second-order valence-electron chi connectivity index (χ2n) is 5.15. The van der Waals surface area contributed by atoms with Crippen LogP contribution in [0.4, 0.5) is 8.78 Å². The van der Waals surface area contributed by atoms with E-state index in [1.165, 1.54) is 0 Å². The Bertz CT molecular complexity index is 644. The number of halogens is 2. The molecule has 1 aromatic carbocycles. The molecule has 0 aliphatic carbocycles. The van der Waals surface area contributed by atoms with E-state index in [0.717, 1.165) is 0 Å². The maximum atomic E-state index is 13.6. The van der Waals surface area contributed by atoms with E-state index in [0.29, 0.717) is 12.1 Å². The lowest BCUT2D eigenvalue weighted by molar-refractivity contribution is 0.0696. The molecule has 0 amide bonds. The van der Waals surface area contributed by atoms with Gasteiger partial charge in [-0.05, 0) is 24.0 Å². The fourth-order valence-corrected chi connectivity index (χ4v) is 2.69. The van der Waals surface area contributed by atoms with Gasteiger partial charge in [0.2, 0.25) is 10.0 Å². The number of rotatable bonds is 6. The zero-order valence-corrected chi connectivity index (χ0v) is 12.7. The molecule has 118 valence electrons. The van der Waals surface area contributed by atoms with E-state index < -0.39 is 38.1 Å². The van der Waals surface area contributed by atoms with Crippen molar-refractivity contribution in [1.29, 1.82) is 0 Å². The molecule has 0 spiro atoms. The molecule has 1 atom stereocenters. The minimum absolute atomic E-state index is 0.0182. The number of carbonyl (C=O) groups is 1. The van der Waals surface area contributed by atoms with E-state index in [4.69, 9.17) is 5.11 Å². The molecule has 2 N–H and O–H groups in total. The Balaban J connectivity index is 3.16. The molecule has 21 heavy (non-hydrogen) atoms. The van der Waals surface area contributed by atoms with Crippen molar-refractivity contribution in [3.8, 4) is 0 Å². The highest BCUT2D eigenvalue weighted by molar-refractivity contribution is 7.89. The van der Waals surface area contributed by atoms with Crippen LogP contribution in [0.1, 0.15) is 31.1 Å². The molecule has 0 aromatic heterocycles. The van der Waals surface area contributed by atoms with Crippen LogP contribution in [0.25, 0.3) is 0 Å². The third-order valence-electron chi connectivity index (χ3n) is 3.26. The molecule has 0 aliphatic rings. The Kier molecular flexibility index (Phi) is 5.41. The lowest BCUT2D eigenvalue weighted by Gasteiger charge is -2.16. The third-order valence-corrected chi connectivity index (χ3v) is 4.69. The van der Waals surface area contributed by atoms with Crippen LogP contribution in [-0.2, 0) is 10.0 Å². The maximum absolute atomic E-state index is 13.6. The number of sulfonamides is 1. The normalized spacial score (nSPS) is 13.4. The van der Waals surface area contributed by atoms with Gasteiger partial charge < -0.3 is 5.11 Å². The molecule has 0 bridgehead atoms. The van der Waals surface area contributed by atoms with E-state index in [1.54, 1.807) is 6.92 Å². The topological polar surface area (TPSA) is 83.5 Å². The Morgan fingerprint density at radius 1 is 1.29 bits per heavy atom. The van der Waals surface area contributed by atoms with Gasteiger partial charge in [0.05, 0.1) is 5.56 Å². The van der Waals surface area contributed by atoms with E-state index in [2.05, 4.69) is 4.72 Å². The number of benzene rings is 1. The predicted molar refractivity (Wildman–Crippen MR) is 72.5 cm³/mol. The van der Waals surface area contributed by atoms with E-state index >= 15 is 0 Å². The predicted octanol–water partition coefficient (Wildman–Crippen LogP) is 2.23. The van der Waals surface area contributed by atoms with Crippen LogP contribution < -0.4 is 4.72 Å². The lowest BCUT2D eigenvalue weighted by atomic mass is 9.99. The van der Waals surface area contributed by atoms with Crippen LogP contribution in [0, 0.1) is 23.5 Å². The number of carboxylic acid groups (broad SMARTS) is 1. The van der Waals surface area contributed by atoms with Gasteiger partial charge >= 0.3 is 5.97 Å². The van der Waals surface area contributed by atoms with Gasteiger partial charge in [-0.2, -0.15) is 0 Å². The Labute approximate surface area is 122 Å². The van der Waals surface area contributed by atoms with Gasteiger partial charge in [0.1, 0.15) is 4.90 Å². The van der Waals surface area contributed by atoms with Crippen molar-refractivity contribution >= 4 is 16.0 Å². The summed E-state index contributed by atoms with van der Waals surface area (Å²) in [6.45, 7) is 5.63. The Morgan fingerprint density at radius 2 is 1.86 bits per heavy atom. The second kappa shape index (κ2) is 6.48. The van der Waals surface area contributed by atoms with Crippen LogP contribution in [0.2, 0.25) is 0 Å². The van der Waals surface area contributed by atoms with Crippen LogP contribution in [0.5, 0.6) is 0 Å². The molecule has 1 aromatic rings. The van der Waals surface area contributed by atoms with Crippen LogP contribution in [-0.4, -0.2) is 26.0 Å². The van der Waals surface area contributed by atoms with E-state index in [-0.39, 0.29) is 18.4 Å². The average Bonchev–Trinajstić information content (AvgIpc) is 2.38. The minimum Gasteiger partial charge on any atom is -0.478 e. The van der Waals surface area contributed by atoms with E-state index in [9.17, 15) is 22.0 Å². The Morgan fingerprint density at radius 3 is 2.33 bits per heavy atom. The van der Waals surface area contributed by atoms with Gasteiger partial charge in [-0.1, -0.05) is 20.8 Å². The van der Waals surface area contributed by atoms with Crippen molar-refractivity contribution in [3.63, 3.8) is 0 Å². The standard InChI is InChI=1S/C13H17F2NO4S/c1-7(2)8(3)6-16-21(19,20)11-5-9(13(17)18)4-10(14)12(11)15/h4-5,7-8,16H,6H2,1-3H3,(H,17,18). The summed E-state index contributed by atoms with van der Waals surface area (Å²) in [7, 11) is -4.33. The van der Waals surface area contributed by atoms with Gasteiger partial charge in [-0.25, -0.2) is 26.7 Å². The fraction of sp³-hybridized carbons (Fsp3) is 0.462. The highest BCUT2D eigenvalue weighted by atomic mass is 32.2. The molecule has 5 nitrogen and oxygen atoms in total. The zero-order chi connectivity index (χ0) is 16.4. The summed E-state index contributed by atoms with van der Waals surface area (Å²) in [6, 6.07) is 1.04. The summed E-state index contributed by atoms with van der Waals surface area (Å²) >= 11 is 0. The molecule has 8 heteroatoms. The first-order chi connectivity index (χ1) is 9.56. The number of nitrogens with one attached hydrogen (secondary N) is 1. The maximum Gasteiger partial charge on any atom is 0.335 e. The molecule has 0 aliphatic heterocycles. The van der Waals surface area contributed by atoms with Crippen molar-refractivity contribution < 1.29 is 27.1 Å². The lowest BCUT2D eigenvalue weighted by Crippen LogP contribution is -2.31. The molecule has 0 radical (unpaired) electrons. The Hall–Kier alpha value is -1.54. The van der Waals surface area contributed by atoms with Gasteiger partial charge in [0, 0.05) is 6.54 Å². The minimum atomic E-state index is -4.33. The van der Waals surface area contributed by atoms with Gasteiger partial charge in [0.15, 0.2) is 11.6 Å². The van der Waals surface area contributed by atoms with Crippen LogP contribution in [0.3, 0.4) is 0 Å². The smallest absolute Gasteiger partial charge is 0.335 e. The molecule has 1 rings (SSSR count). The highest BCUT2D eigenvalue weighted by Crippen LogP contribution is 2.20. The molecule has 0 saturated carbocycles. The quantitative estimate of drug-likeness (QED) is 0.841. The summed E-state index contributed by atoms with van der Waals surface area (Å²) in [6.07, 6.45) is 0. The summed E-state index contributed by atoms with van der Waals surface area (Å²) in [5.41, 5.74) is -0.633. The largest absolute Gasteiger partial charge is 0.478 e. The first-order valence-electron chi connectivity index (χ1n) is 6.28. The van der Waals surface area contributed by atoms with Crippen LogP contribution in [0.15, 0.2) is 17.0 Å². The second-order valence-corrected chi connectivity index (χ2v) is 6.88. The van der Waals surface area contributed by atoms with Crippen molar-refractivity contribution in [3.05, 3.63) is 29.3 Å². The number of hydrogen-bond donors (Lipinski definition) is 2. The molecule has 1 unspecified atom stereocenters. The SMILES string of the molecule is CC(C)C(C)CNS(=O)(=O)c1cc(C(=O)O)cc(F)c1F. The molecular weight excluding hydrogens is 304 g/mol. The summed E-state index contributed by atoms with van der Waals surface area (Å²) in [5.74, 6) is -4.48. The van der Waals surface area contributed by atoms with Gasteiger partial charge in [-0.3, -0.25) is 0 Å². The highest BCUT2D eigenvalue weighted by Gasteiger charge is 2.25. The number of carboxylic acids is 1. The zero-order valence-electron chi connectivity index (χ0n) is 11.9. The first-order valence-corrected chi connectivity index (χ1v) is 7.76. The first kappa shape index (κ1) is 17.5. The van der Waals surface area contributed by atoms with Gasteiger partial charge in [0.25, 0.3) is 0 Å². The van der Waals surface area contributed by atoms with Gasteiger partial charge in [-0.15, -0.1) is 0 Å². The molecular formula is C13H17F2NO4S. The number of aromatic carboxylic acids is 1. The van der Waals surface area contributed by atoms with Crippen molar-refractivity contribution in [1.82, 2.24) is 4.72 Å². The fourth-order valence-electron chi connectivity index (χ4n) is 1.44. The van der Waals surface area contributed by atoms with Crippen molar-refractivity contribution in [2.45, 2.75) is 25.7 Å². The molecule has 0 saturated heterocycles. The molecule has 0 fully saturated rings.